The molecule has 2 N–H and O–H groups in total. The number of carboxylic acid groups (broad SMARTS) is 1. The van der Waals surface area contributed by atoms with Gasteiger partial charge in [0, 0.05) is 12.1 Å². The molecule has 1 amide bonds. The van der Waals surface area contributed by atoms with Crippen molar-refractivity contribution in [1.29, 1.82) is 0 Å². The normalized spacial score (nSPS) is 14.6. The van der Waals surface area contributed by atoms with E-state index < -0.39 is 5.97 Å². The fourth-order valence-corrected chi connectivity index (χ4v) is 2.44. The molecular formula is C15H16ClNO3. The Kier molecular flexibility index (Phi) is 4.79. The molecule has 106 valence electrons. The third-order valence-electron chi connectivity index (χ3n) is 3.25. The standard InChI is InChI=1S/C15H16ClNO3/c16-13-7-6-11(9-12(13)15(19)20)17-14(18)8-10-4-2-1-3-5-10/h4,6-7,9H,1-3,5,8H2,(H,17,18)(H,19,20). The second-order valence-electron chi connectivity index (χ2n) is 4.83. The number of anilines is 1. The van der Waals surface area contributed by atoms with Crippen LogP contribution in [0.2, 0.25) is 5.02 Å². The molecular weight excluding hydrogens is 278 g/mol. The van der Waals surface area contributed by atoms with Gasteiger partial charge in [-0.05, 0) is 43.9 Å². The Morgan fingerprint density at radius 1 is 1.30 bits per heavy atom. The Hall–Kier alpha value is -1.81. The van der Waals surface area contributed by atoms with Crippen LogP contribution in [0.15, 0.2) is 29.8 Å². The predicted molar refractivity (Wildman–Crippen MR) is 78.2 cm³/mol. The molecule has 0 radical (unpaired) electrons. The van der Waals surface area contributed by atoms with Crippen LogP contribution in [0.25, 0.3) is 0 Å². The van der Waals surface area contributed by atoms with Gasteiger partial charge in [0.1, 0.15) is 0 Å². The minimum Gasteiger partial charge on any atom is -0.478 e. The number of carbonyl (C=O) groups is 2. The second-order valence-corrected chi connectivity index (χ2v) is 5.24. The summed E-state index contributed by atoms with van der Waals surface area (Å²) in [6, 6.07) is 4.44. The van der Waals surface area contributed by atoms with Crippen LogP contribution in [0, 0.1) is 0 Å². The van der Waals surface area contributed by atoms with Gasteiger partial charge in [-0.1, -0.05) is 23.3 Å². The van der Waals surface area contributed by atoms with E-state index in [1.165, 1.54) is 18.6 Å². The Balaban J connectivity index is 2.02. The van der Waals surface area contributed by atoms with E-state index in [1.54, 1.807) is 6.07 Å². The molecule has 0 aliphatic heterocycles. The minimum absolute atomic E-state index is 0.0126. The van der Waals surface area contributed by atoms with Crippen LogP contribution in [0.1, 0.15) is 42.5 Å². The summed E-state index contributed by atoms with van der Waals surface area (Å²) in [7, 11) is 0. The highest BCUT2D eigenvalue weighted by Crippen LogP contribution is 2.23. The molecule has 20 heavy (non-hydrogen) atoms. The van der Waals surface area contributed by atoms with Crippen molar-refractivity contribution < 1.29 is 14.7 Å². The molecule has 0 spiro atoms. The maximum Gasteiger partial charge on any atom is 0.337 e. The number of carbonyl (C=O) groups excluding carboxylic acids is 1. The molecule has 0 unspecified atom stereocenters. The number of amides is 1. The largest absolute Gasteiger partial charge is 0.478 e. The van der Waals surface area contributed by atoms with Gasteiger partial charge in [0.25, 0.3) is 0 Å². The van der Waals surface area contributed by atoms with Crippen molar-refractivity contribution in [3.8, 4) is 0 Å². The first kappa shape index (κ1) is 14.6. The Morgan fingerprint density at radius 3 is 2.75 bits per heavy atom. The number of allylic oxidation sites excluding steroid dienone is 1. The molecule has 0 aromatic heterocycles. The third kappa shape index (κ3) is 3.84. The van der Waals surface area contributed by atoms with Gasteiger partial charge in [0.15, 0.2) is 0 Å². The van der Waals surface area contributed by atoms with E-state index in [0.29, 0.717) is 12.1 Å². The molecule has 4 nitrogen and oxygen atoms in total. The van der Waals surface area contributed by atoms with Gasteiger partial charge in [-0.25, -0.2) is 4.79 Å². The van der Waals surface area contributed by atoms with Crippen molar-refractivity contribution in [3.05, 3.63) is 40.4 Å². The van der Waals surface area contributed by atoms with Gasteiger partial charge in [-0.3, -0.25) is 4.79 Å². The van der Waals surface area contributed by atoms with E-state index >= 15 is 0 Å². The fourth-order valence-electron chi connectivity index (χ4n) is 2.24. The monoisotopic (exact) mass is 293 g/mol. The van der Waals surface area contributed by atoms with E-state index in [9.17, 15) is 9.59 Å². The molecule has 0 atom stereocenters. The molecule has 0 saturated carbocycles. The summed E-state index contributed by atoms with van der Waals surface area (Å²) in [6.45, 7) is 0. The van der Waals surface area contributed by atoms with Gasteiger partial charge in [0.2, 0.25) is 5.91 Å². The predicted octanol–water partition coefficient (Wildman–Crippen LogP) is 3.87. The number of halogens is 1. The average molecular weight is 294 g/mol. The van der Waals surface area contributed by atoms with Gasteiger partial charge >= 0.3 is 5.97 Å². The summed E-state index contributed by atoms with van der Waals surface area (Å²) >= 11 is 5.78. The fraction of sp³-hybridized carbons (Fsp3) is 0.333. The zero-order valence-corrected chi connectivity index (χ0v) is 11.7. The lowest BCUT2D eigenvalue weighted by atomic mass is 9.97. The van der Waals surface area contributed by atoms with Crippen LogP contribution < -0.4 is 5.32 Å². The summed E-state index contributed by atoms with van der Waals surface area (Å²) in [5, 5.41) is 11.8. The Morgan fingerprint density at radius 2 is 2.10 bits per heavy atom. The first-order chi connectivity index (χ1) is 9.56. The molecule has 1 aliphatic rings. The number of rotatable bonds is 4. The van der Waals surface area contributed by atoms with Crippen molar-refractivity contribution in [2.24, 2.45) is 0 Å². The number of carboxylic acids is 1. The van der Waals surface area contributed by atoms with E-state index in [2.05, 4.69) is 11.4 Å². The second kappa shape index (κ2) is 6.57. The number of benzene rings is 1. The highest BCUT2D eigenvalue weighted by Gasteiger charge is 2.12. The SMILES string of the molecule is O=C(CC1=CCCCC1)Nc1ccc(Cl)c(C(=O)O)c1. The lowest BCUT2D eigenvalue weighted by Crippen LogP contribution is -2.13. The molecule has 0 heterocycles. The number of hydrogen-bond donors (Lipinski definition) is 2. The molecule has 1 aliphatic carbocycles. The van der Waals surface area contributed by atoms with Crippen molar-refractivity contribution >= 4 is 29.2 Å². The Bertz CT molecular complexity index is 566. The maximum atomic E-state index is 11.9. The lowest BCUT2D eigenvalue weighted by Gasteiger charge is -2.13. The summed E-state index contributed by atoms with van der Waals surface area (Å²) in [6.07, 6.45) is 6.80. The molecule has 0 fully saturated rings. The molecule has 5 heteroatoms. The minimum atomic E-state index is -1.11. The van der Waals surface area contributed by atoms with Crippen molar-refractivity contribution in [2.75, 3.05) is 5.32 Å². The first-order valence-corrected chi connectivity index (χ1v) is 6.94. The zero-order chi connectivity index (χ0) is 14.5. The third-order valence-corrected chi connectivity index (χ3v) is 3.58. The van der Waals surface area contributed by atoms with Crippen LogP contribution in [-0.2, 0) is 4.79 Å². The van der Waals surface area contributed by atoms with Crippen LogP contribution in [-0.4, -0.2) is 17.0 Å². The van der Waals surface area contributed by atoms with E-state index in [1.807, 2.05) is 0 Å². The summed E-state index contributed by atoms with van der Waals surface area (Å²) in [5.74, 6) is -1.24. The van der Waals surface area contributed by atoms with E-state index in [-0.39, 0.29) is 16.5 Å². The van der Waals surface area contributed by atoms with E-state index in [0.717, 1.165) is 24.8 Å². The van der Waals surface area contributed by atoms with Gasteiger partial charge in [-0.15, -0.1) is 0 Å². The molecule has 1 aromatic rings. The zero-order valence-electron chi connectivity index (χ0n) is 11.0. The number of hydrogen-bond acceptors (Lipinski definition) is 2. The molecule has 0 saturated heterocycles. The van der Waals surface area contributed by atoms with Crippen LogP contribution in [0.3, 0.4) is 0 Å². The Labute approximate surface area is 122 Å². The summed E-state index contributed by atoms with van der Waals surface area (Å²) in [5.41, 5.74) is 1.59. The topological polar surface area (TPSA) is 66.4 Å². The van der Waals surface area contributed by atoms with Crippen LogP contribution >= 0.6 is 11.6 Å². The van der Waals surface area contributed by atoms with Gasteiger partial charge < -0.3 is 10.4 Å². The molecule has 2 rings (SSSR count). The van der Waals surface area contributed by atoms with Crippen molar-refractivity contribution in [2.45, 2.75) is 32.1 Å². The van der Waals surface area contributed by atoms with Gasteiger partial charge in [0.05, 0.1) is 10.6 Å². The smallest absolute Gasteiger partial charge is 0.337 e. The van der Waals surface area contributed by atoms with Gasteiger partial charge in [-0.2, -0.15) is 0 Å². The average Bonchev–Trinajstić information content (AvgIpc) is 2.41. The van der Waals surface area contributed by atoms with Crippen LogP contribution in [0.4, 0.5) is 5.69 Å². The quantitative estimate of drug-likeness (QED) is 0.828. The highest BCUT2D eigenvalue weighted by molar-refractivity contribution is 6.33. The molecule has 0 bridgehead atoms. The summed E-state index contributed by atoms with van der Waals surface area (Å²) < 4.78 is 0. The molecule has 1 aromatic carbocycles. The lowest BCUT2D eigenvalue weighted by molar-refractivity contribution is -0.115. The number of aromatic carboxylic acids is 1. The first-order valence-electron chi connectivity index (χ1n) is 6.57. The van der Waals surface area contributed by atoms with Crippen molar-refractivity contribution in [3.63, 3.8) is 0 Å². The summed E-state index contributed by atoms with van der Waals surface area (Å²) in [4.78, 5) is 22.9. The van der Waals surface area contributed by atoms with Crippen LogP contribution in [0.5, 0.6) is 0 Å². The van der Waals surface area contributed by atoms with Crippen molar-refractivity contribution in [1.82, 2.24) is 0 Å². The highest BCUT2D eigenvalue weighted by atomic mass is 35.5. The maximum absolute atomic E-state index is 11.9. The van der Waals surface area contributed by atoms with E-state index in [4.69, 9.17) is 16.7 Å². The number of nitrogens with one attached hydrogen (secondary N) is 1.